The van der Waals surface area contributed by atoms with Gasteiger partial charge in [-0.2, -0.15) is 0 Å². The van der Waals surface area contributed by atoms with Gasteiger partial charge in [0.1, 0.15) is 0 Å². The Morgan fingerprint density at radius 1 is 1.03 bits per heavy atom. The normalized spacial score (nSPS) is 21.3. The number of anilines is 2. The van der Waals surface area contributed by atoms with Crippen molar-refractivity contribution in [1.82, 2.24) is 10.2 Å². The summed E-state index contributed by atoms with van der Waals surface area (Å²) in [4.78, 5) is 40.8. The summed E-state index contributed by atoms with van der Waals surface area (Å²) in [5, 5.41) is 5.44. The lowest BCUT2D eigenvalue weighted by molar-refractivity contribution is -0.136. The zero-order valence-corrected chi connectivity index (χ0v) is 18.0. The molecule has 0 aliphatic carbocycles. The average molecular weight is 429 g/mol. The number of benzene rings is 1. The minimum absolute atomic E-state index is 0.0871. The maximum Gasteiger partial charge on any atom is 0.313 e. The standard InChI is InChI=1S/C23H32N4O4/c28-21-5-2-10-27(21)20-4-1-3-18(15-20)25-23(30)22(29)24-16-17-6-11-26(12-7-17)19-8-13-31-14-9-19/h1,3-4,15,17,19H,2,5-14,16H2,(H,24,29)(H,25,30). The summed E-state index contributed by atoms with van der Waals surface area (Å²) in [5.41, 5.74) is 1.26. The van der Waals surface area contributed by atoms with Crippen LogP contribution >= 0.6 is 0 Å². The molecule has 8 nitrogen and oxygen atoms in total. The molecule has 0 bridgehead atoms. The van der Waals surface area contributed by atoms with Crippen LogP contribution in [-0.4, -0.2) is 68.1 Å². The second-order valence-corrected chi connectivity index (χ2v) is 8.69. The van der Waals surface area contributed by atoms with E-state index in [0.717, 1.165) is 64.1 Å². The Balaban J connectivity index is 1.21. The summed E-state index contributed by atoms with van der Waals surface area (Å²) in [6, 6.07) is 7.70. The molecule has 3 saturated heterocycles. The molecule has 8 heteroatoms. The predicted molar refractivity (Wildman–Crippen MR) is 118 cm³/mol. The van der Waals surface area contributed by atoms with Gasteiger partial charge in [0.2, 0.25) is 5.91 Å². The molecule has 3 aliphatic rings. The van der Waals surface area contributed by atoms with Crippen LogP contribution in [0.2, 0.25) is 0 Å². The van der Waals surface area contributed by atoms with Gasteiger partial charge in [-0.25, -0.2) is 0 Å². The Bertz CT molecular complexity index is 801. The molecule has 3 aliphatic heterocycles. The van der Waals surface area contributed by atoms with Gasteiger partial charge in [0, 0.05) is 50.1 Å². The van der Waals surface area contributed by atoms with Crippen LogP contribution in [0.15, 0.2) is 24.3 Å². The zero-order chi connectivity index (χ0) is 21.6. The van der Waals surface area contributed by atoms with Gasteiger partial charge in [-0.1, -0.05) is 6.07 Å². The van der Waals surface area contributed by atoms with E-state index in [1.807, 2.05) is 6.07 Å². The molecular formula is C23H32N4O4. The zero-order valence-electron chi connectivity index (χ0n) is 18.0. The van der Waals surface area contributed by atoms with E-state index in [1.54, 1.807) is 23.1 Å². The first-order valence-corrected chi connectivity index (χ1v) is 11.4. The van der Waals surface area contributed by atoms with E-state index in [9.17, 15) is 14.4 Å². The molecule has 2 N–H and O–H groups in total. The summed E-state index contributed by atoms with van der Waals surface area (Å²) in [6.07, 6.45) is 5.67. The van der Waals surface area contributed by atoms with Crippen LogP contribution in [-0.2, 0) is 19.1 Å². The molecule has 0 unspecified atom stereocenters. The van der Waals surface area contributed by atoms with Crippen molar-refractivity contribution in [3.05, 3.63) is 24.3 Å². The summed E-state index contributed by atoms with van der Waals surface area (Å²) < 4.78 is 5.45. The molecule has 0 atom stereocenters. The van der Waals surface area contributed by atoms with Crippen molar-refractivity contribution >= 4 is 29.1 Å². The largest absolute Gasteiger partial charge is 0.381 e. The maximum atomic E-state index is 12.3. The quantitative estimate of drug-likeness (QED) is 0.698. The second-order valence-electron chi connectivity index (χ2n) is 8.69. The van der Waals surface area contributed by atoms with E-state index < -0.39 is 11.8 Å². The summed E-state index contributed by atoms with van der Waals surface area (Å²) in [7, 11) is 0. The third-order valence-electron chi connectivity index (χ3n) is 6.60. The van der Waals surface area contributed by atoms with Gasteiger partial charge in [0.25, 0.3) is 0 Å². The second kappa shape index (κ2) is 10.2. The molecule has 0 radical (unpaired) electrons. The fourth-order valence-corrected chi connectivity index (χ4v) is 4.75. The van der Waals surface area contributed by atoms with Crippen molar-refractivity contribution in [2.45, 2.75) is 44.6 Å². The van der Waals surface area contributed by atoms with E-state index in [0.29, 0.717) is 37.2 Å². The molecule has 3 fully saturated rings. The number of rotatable bonds is 5. The van der Waals surface area contributed by atoms with Crippen molar-refractivity contribution in [1.29, 1.82) is 0 Å². The third kappa shape index (κ3) is 5.62. The van der Waals surface area contributed by atoms with E-state index in [-0.39, 0.29) is 5.91 Å². The lowest BCUT2D eigenvalue weighted by Crippen LogP contribution is -2.46. The number of likely N-dealkylation sites (tertiary alicyclic amines) is 1. The fourth-order valence-electron chi connectivity index (χ4n) is 4.75. The molecule has 1 aromatic rings. The third-order valence-corrected chi connectivity index (χ3v) is 6.60. The highest BCUT2D eigenvalue weighted by molar-refractivity contribution is 6.39. The van der Waals surface area contributed by atoms with Gasteiger partial charge in [0.15, 0.2) is 0 Å². The highest BCUT2D eigenvalue weighted by Crippen LogP contribution is 2.25. The van der Waals surface area contributed by atoms with Gasteiger partial charge < -0.3 is 25.2 Å². The van der Waals surface area contributed by atoms with Crippen molar-refractivity contribution < 1.29 is 19.1 Å². The number of amides is 3. The minimum Gasteiger partial charge on any atom is -0.381 e. The van der Waals surface area contributed by atoms with Gasteiger partial charge in [0.05, 0.1) is 0 Å². The maximum absolute atomic E-state index is 12.3. The lowest BCUT2D eigenvalue weighted by atomic mass is 9.94. The molecule has 0 aromatic heterocycles. The number of ether oxygens (including phenoxy) is 1. The molecule has 0 spiro atoms. The van der Waals surface area contributed by atoms with Gasteiger partial charge in [-0.3, -0.25) is 14.4 Å². The summed E-state index contributed by atoms with van der Waals surface area (Å²) in [5.74, 6) is -0.805. The van der Waals surface area contributed by atoms with Gasteiger partial charge in [-0.15, -0.1) is 0 Å². The number of nitrogens with zero attached hydrogens (tertiary/aromatic N) is 2. The van der Waals surface area contributed by atoms with Crippen LogP contribution in [0, 0.1) is 5.92 Å². The number of piperidine rings is 1. The Kier molecular flexibility index (Phi) is 7.19. The molecule has 168 valence electrons. The van der Waals surface area contributed by atoms with Crippen LogP contribution in [0.25, 0.3) is 0 Å². The van der Waals surface area contributed by atoms with Crippen LogP contribution in [0.1, 0.15) is 38.5 Å². The topological polar surface area (TPSA) is 91.0 Å². The number of hydrogen-bond donors (Lipinski definition) is 2. The molecule has 1 aromatic carbocycles. The predicted octanol–water partition coefficient (Wildman–Crippen LogP) is 1.76. The Morgan fingerprint density at radius 2 is 1.81 bits per heavy atom. The molecule has 31 heavy (non-hydrogen) atoms. The fraction of sp³-hybridized carbons (Fsp3) is 0.609. The van der Waals surface area contributed by atoms with Crippen molar-refractivity contribution in [3.8, 4) is 0 Å². The summed E-state index contributed by atoms with van der Waals surface area (Å²) >= 11 is 0. The van der Waals surface area contributed by atoms with Gasteiger partial charge >= 0.3 is 11.8 Å². The van der Waals surface area contributed by atoms with E-state index in [1.165, 1.54) is 0 Å². The number of carbonyl (C=O) groups is 3. The number of nitrogens with one attached hydrogen (secondary N) is 2. The first-order chi connectivity index (χ1) is 15.1. The number of carbonyl (C=O) groups excluding carboxylic acids is 3. The Labute approximate surface area is 183 Å². The van der Waals surface area contributed by atoms with E-state index in [4.69, 9.17) is 4.74 Å². The van der Waals surface area contributed by atoms with Gasteiger partial charge in [-0.05, 0) is 69.3 Å². The lowest BCUT2D eigenvalue weighted by Gasteiger charge is -2.39. The van der Waals surface area contributed by atoms with E-state index >= 15 is 0 Å². The highest BCUT2D eigenvalue weighted by Gasteiger charge is 2.27. The van der Waals surface area contributed by atoms with Crippen LogP contribution in [0.4, 0.5) is 11.4 Å². The first-order valence-electron chi connectivity index (χ1n) is 11.4. The molecule has 3 amide bonds. The van der Waals surface area contributed by atoms with E-state index in [2.05, 4.69) is 15.5 Å². The molecular weight excluding hydrogens is 396 g/mol. The minimum atomic E-state index is -0.676. The molecule has 3 heterocycles. The van der Waals surface area contributed by atoms with Crippen molar-refractivity contribution in [2.75, 3.05) is 49.6 Å². The monoisotopic (exact) mass is 428 g/mol. The van der Waals surface area contributed by atoms with Crippen LogP contribution in [0.5, 0.6) is 0 Å². The van der Waals surface area contributed by atoms with Crippen molar-refractivity contribution in [2.24, 2.45) is 5.92 Å². The average Bonchev–Trinajstić information content (AvgIpc) is 3.24. The van der Waals surface area contributed by atoms with Crippen LogP contribution < -0.4 is 15.5 Å². The Hall–Kier alpha value is -2.45. The van der Waals surface area contributed by atoms with Crippen LogP contribution in [0.3, 0.4) is 0 Å². The SMILES string of the molecule is O=C(NCC1CCN(C2CCOCC2)CC1)C(=O)Nc1cccc(N2CCCC2=O)c1. The Morgan fingerprint density at radius 3 is 2.52 bits per heavy atom. The molecule has 4 rings (SSSR count). The summed E-state index contributed by atoms with van der Waals surface area (Å²) in [6.45, 7) is 5.00. The molecule has 0 saturated carbocycles. The smallest absolute Gasteiger partial charge is 0.313 e. The number of hydrogen-bond acceptors (Lipinski definition) is 5. The highest BCUT2D eigenvalue weighted by atomic mass is 16.5. The van der Waals surface area contributed by atoms with Crippen molar-refractivity contribution in [3.63, 3.8) is 0 Å². The first kappa shape index (κ1) is 21.8.